The maximum absolute atomic E-state index is 9.24. The van der Waals surface area contributed by atoms with Crippen LogP contribution in [0.3, 0.4) is 0 Å². The topological polar surface area (TPSA) is 120 Å². The number of rotatable bonds is 10. The van der Waals surface area contributed by atoms with Gasteiger partial charge in [0.05, 0.1) is 0 Å². The highest BCUT2D eigenvalue weighted by Crippen LogP contribution is 2.24. The van der Waals surface area contributed by atoms with Crippen molar-refractivity contribution in [2.75, 3.05) is 0 Å². The molecule has 0 aliphatic rings. The van der Waals surface area contributed by atoms with E-state index in [1.54, 1.807) is 0 Å². The molecule has 6 heteroatoms. The van der Waals surface area contributed by atoms with E-state index < -0.39 is 11.1 Å². The number of unbranched alkanes of at least 4 members (excludes halogenated alkanes) is 4. The number of nitrogens with zero attached hydrogens (tertiary/aromatic N) is 6. The molecule has 0 rings (SSSR count). The van der Waals surface area contributed by atoms with E-state index in [4.69, 9.17) is 0 Å². The third kappa shape index (κ3) is 5.90. The minimum Gasteiger partial charge on any atom is -0.194 e. The molecule has 0 spiro atoms. The van der Waals surface area contributed by atoms with Crippen molar-refractivity contribution < 1.29 is 0 Å². The molecule has 0 fully saturated rings. The van der Waals surface area contributed by atoms with Crippen LogP contribution in [0, 0.1) is 45.3 Å². The van der Waals surface area contributed by atoms with Crippen molar-refractivity contribution in [3.63, 3.8) is 0 Å². The van der Waals surface area contributed by atoms with Crippen LogP contribution in [0.4, 0.5) is 0 Å². The van der Waals surface area contributed by atoms with E-state index in [2.05, 4.69) is 10.2 Å². The molecule has 0 aromatic rings. The second kappa shape index (κ2) is 10.3. The van der Waals surface area contributed by atoms with Crippen molar-refractivity contribution in [2.45, 2.75) is 76.3 Å². The monoisotopic (exact) mass is 298 g/mol. The number of hydrogen-bond donors (Lipinski definition) is 0. The van der Waals surface area contributed by atoms with Crippen LogP contribution in [-0.2, 0) is 0 Å². The van der Waals surface area contributed by atoms with Crippen LogP contribution in [-0.4, -0.2) is 11.1 Å². The summed E-state index contributed by atoms with van der Waals surface area (Å²) in [6.07, 6.45) is 5.58. The summed E-state index contributed by atoms with van der Waals surface area (Å²) in [6, 6.07) is 7.49. The molecule has 0 saturated carbocycles. The van der Waals surface area contributed by atoms with Gasteiger partial charge in [-0.25, -0.2) is 0 Å². The quantitative estimate of drug-likeness (QED) is 0.443. The lowest BCUT2D eigenvalue weighted by Crippen LogP contribution is -2.26. The number of azo groups is 1. The maximum atomic E-state index is 9.24. The van der Waals surface area contributed by atoms with Gasteiger partial charge in [-0.2, -0.15) is 31.3 Å². The highest BCUT2D eigenvalue weighted by atomic mass is 15.2. The van der Waals surface area contributed by atoms with Gasteiger partial charge in [0.15, 0.2) is 0 Å². The first-order valence-corrected chi connectivity index (χ1v) is 7.66. The second-order valence-corrected chi connectivity index (χ2v) is 5.28. The van der Waals surface area contributed by atoms with Gasteiger partial charge in [0, 0.05) is 12.8 Å². The smallest absolute Gasteiger partial charge is 0.194 e. The van der Waals surface area contributed by atoms with Crippen molar-refractivity contribution in [3.05, 3.63) is 0 Å². The molecule has 0 saturated heterocycles. The Morgan fingerprint density at radius 2 is 0.955 bits per heavy atom. The molecule has 0 aliphatic carbocycles. The molecule has 0 heterocycles. The second-order valence-electron chi connectivity index (χ2n) is 5.28. The fraction of sp³-hybridized carbons (Fsp3) is 0.750. The summed E-state index contributed by atoms with van der Waals surface area (Å²) in [6.45, 7) is 4.04. The standard InChI is InChI=1S/C16H22N6/c1-3-5-7-9-15(11-17,12-18)21-22-16(13-19,14-20)10-8-6-4-2/h3-10H2,1-2H3/b22-21+. The lowest BCUT2D eigenvalue weighted by molar-refractivity contribution is 0.484. The van der Waals surface area contributed by atoms with E-state index in [9.17, 15) is 21.0 Å². The van der Waals surface area contributed by atoms with E-state index in [1.807, 2.05) is 38.1 Å². The highest BCUT2D eigenvalue weighted by Gasteiger charge is 2.34. The van der Waals surface area contributed by atoms with E-state index in [0.29, 0.717) is 12.8 Å². The van der Waals surface area contributed by atoms with Crippen molar-refractivity contribution >= 4 is 0 Å². The van der Waals surface area contributed by atoms with Crippen molar-refractivity contribution in [3.8, 4) is 24.3 Å². The zero-order chi connectivity index (χ0) is 16.9. The molecule has 0 N–H and O–H groups in total. The molecule has 0 atom stereocenters. The van der Waals surface area contributed by atoms with Gasteiger partial charge in [0.25, 0.3) is 11.1 Å². The fourth-order valence-electron chi connectivity index (χ4n) is 1.90. The third-order valence-corrected chi connectivity index (χ3v) is 3.42. The molecule has 0 bridgehead atoms. The Morgan fingerprint density at radius 1 is 0.636 bits per heavy atom. The lowest BCUT2D eigenvalue weighted by atomic mass is 9.95. The van der Waals surface area contributed by atoms with Gasteiger partial charge < -0.3 is 0 Å². The van der Waals surface area contributed by atoms with E-state index in [0.717, 1.165) is 25.7 Å². The molecule has 0 radical (unpaired) electrons. The molecule has 0 aromatic carbocycles. The molecule has 0 unspecified atom stereocenters. The Labute approximate surface area is 132 Å². The van der Waals surface area contributed by atoms with Gasteiger partial charge in [-0.15, -0.1) is 0 Å². The molecule has 6 nitrogen and oxygen atoms in total. The minimum atomic E-state index is -1.60. The van der Waals surface area contributed by atoms with Gasteiger partial charge in [-0.3, -0.25) is 0 Å². The predicted molar refractivity (Wildman–Crippen MR) is 81.1 cm³/mol. The Morgan fingerprint density at radius 3 is 1.18 bits per heavy atom. The first kappa shape index (κ1) is 19.6. The first-order chi connectivity index (χ1) is 10.6. The van der Waals surface area contributed by atoms with Gasteiger partial charge in [0.1, 0.15) is 24.3 Å². The maximum Gasteiger partial charge on any atom is 0.251 e. The van der Waals surface area contributed by atoms with E-state index >= 15 is 0 Å². The van der Waals surface area contributed by atoms with Gasteiger partial charge in [-0.05, 0) is 12.8 Å². The van der Waals surface area contributed by atoms with Crippen LogP contribution in [0.1, 0.15) is 65.2 Å². The summed E-state index contributed by atoms with van der Waals surface area (Å²) in [5.41, 5.74) is -3.20. The van der Waals surface area contributed by atoms with Crippen molar-refractivity contribution in [2.24, 2.45) is 10.2 Å². The Bertz CT molecular complexity index is 447. The SMILES string of the molecule is CCCCCC(C#N)(C#N)/N=N/C(C#N)(C#N)CCCCC. The molecule has 22 heavy (non-hydrogen) atoms. The Hall–Kier alpha value is -2.44. The summed E-state index contributed by atoms with van der Waals surface area (Å²) in [4.78, 5) is 0. The Kier molecular flexibility index (Phi) is 9.17. The molecular formula is C16H22N6. The van der Waals surface area contributed by atoms with Crippen LogP contribution in [0.15, 0.2) is 10.2 Å². The van der Waals surface area contributed by atoms with Gasteiger partial charge in [-0.1, -0.05) is 39.5 Å². The summed E-state index contributed by atoms with van der Waals surface area (Å²) in [5.74, 6) is 0. The first-order valence-electron chi connectivity index (χ1n) is 7.66. The van der Waals surface area contributed by atoms with Crippen molar-refractivity contribution in [1.29, 1.82) is 21.0 Å². The third-order valence-electron chi connectivity index (χ3n) is 3.42. The zero-order valence-corrected chi connectivity index (χ0v) is 13.3. The van der Waals surface area contributed by atoms with Crippen LogP contribution in [0.2, 0.25) is 0 Å². The Balaban J connectivity index is 5.18. The average Bonchev–Trinajstić information content (AvgIpc) is 2.57. The summed E-state index contributed by atoms with van der Waals surface area (Å²) < 4.78 is 0. The van der Waals surface area contributed by atoms with Crippen LogP contribution in [0.25, 0.3) is 0 Å². The van der Waals surface area contributed by atoms with Gasteiger partial charge in [0.2, 0.25) is 0 Å². The summed E-state index contributed by atoms with van der Waals surface area (Å²) in [7, 11) is 0. The zero-order valence-electron chi connectivity index (χ0n) is 13.3. The largest absolute Gasteiger partial charge is 0.251 e. The highest BCUT2D eigenvalue weighted by molar-refractivity contribution is 5.25. The normalized spacial score (nSPS) is 11.4. The minimum absolute atomic E-state index is 0.263. The van der Waals surface area contributed by atoms with Crippen LogP contribution in [0.5, 0.6) is 0 Å². The molecule has 0 amide bonds. The number of nitriles is 4. The molecule has 0 aliphatic heterocycles. The molecule has 116 valence electrons. The fourth-order valence-corrected chi connectivity index (χ4v) is 1.90. The van der Waals surface area contributed by atoms with Gasteiger partial charge >= 0.3 is 0 Å². The average molecular weight is 298 g/mol. The lowest BCUT2D eigenvalue weighted by Gasteiger charge is -2.16. The van der Waals surface area contributed by atoms with E-state index in [1.165, 1.54) is 0 Å². The van der Waals surface area contributed by atoms with Crippen LogP contribution >= 0.6 is 0 Å². The molecule has 0 aromatic heterocycles. The molecular weight excluding hydrogens is 276 g/mol. The van der Waals surface area contributed by atoms with Crippen LogP contribution < -0.4 is 0 Å². The van der Waals surface area contributed by atoms with Crippen molar-refractivity contribution in [1.82, 2.24) is 0 Å². The summed E-state index contributed by atoms with van der Waals surface area (Å²) in [5, 5.41) is 44.6. The summed E-state index contributed by atoms with van der Waals surface area (Å²) >= 11 is 0. The predicted octanol–water partition coefficient (Wildman–Crippen LogP) is 4.17. The van der Waals surface area contributed by atoms with E-state index in [-0.39, 0.29) is 12.8 Å². The number of hydrogen-bond acceptors (Lipinski definition) is 6.